The summed E-state index contributed by atoms with van der Waals surface area (Å²) in [5.74, 6) is 3.70. The summed E-state index contributed by atoms with van der Waals surface area (Å²) in [4.78, 5) is 0.263. The van der Waals surface area contributed by atoms with Gasteiger partial charge < -0.3 is 10.2 Å². The van der Waals surface area contributed by atoms with E-state index < -0.39 is 11.2 Å². The van der Waals surface area contributed by atoms with Gasteiger partial charge in [0.1, 0.15) is 0 Å². The van der Waals surface area contributed by atoms with E-state index in [0.29, 0.717) is 29.6 Å². The first-order chi connectivity index (χ1) is 7.00. The molecule has 6 rings (SSSR count). The third-order valence-corrected chi connectivity index (χ3v) is 8.13. The minimum absolute atomic E-state index is 0.165. The average molecular weight is 271 g/mol. The molecule has 6 aliphatic carbocycles. The van der Waals surface area contributed by atoms with Crippen molar-refractivity contribution in [1.29, 1.82) is 0 Å². The first-order valence-corrected chi connectivity index (χ1v) is 7.01. The van der Waals surface area contributed by atoms with E-state index in [9.17, 15) is 10.2 Å². The summed E-state index contributed by atoms with van der Waals surface area (Å²) < 4.78 is 0. The summed E-state index contributed by atoms with van der Waals surface area (Å²) in [6.07, 6.45) is 1.28. The van der Waals surface area contributed by atoms with Crippen LogP contribution in [0.4, 0.5) is 0 Å². The molecule has 15 heavy (non-hydrogen) atoms. The number of halogens is 1. The maximum atomic E-state index is 10.9. The molecule has 6 aliphatic rings. The molecule has 6 bridgehead atoms. The van der Waals surface area contributed by atoms with E-state index in [-0.39, 0.29) is 10.7 Å². The van der Waals surface area contributed by atoms with Gasteiger partial charge in [-0.1, -0.05) is 15.9 Å². The zero-order valence-corrected chi connectivity index (χ0v) is 10.2. The predicted molar refractivity (Wildman–Crippen MR) is 57.3 cm³/mol. The fraction of sp³-hybridized carbons (Fsp3) is 1.00. The Kier molecular flexibility index (Phi) is 1.05. The van der Waals surface area contributed by atoms with Crippen LogP contribution in [-0.4, -0.2) is 26.2 Å². The SMILES string of the molecule is C[C@@]1(O)[C@H]2[C@@H]3C[C@H]4[C@@H]5[C@H]3[C@H]1[C@@](O)([C@@H]42)[C@H]5Br. The number of hydrogen-bond donors (Lipinski definition) is 2. The summed E-state index contributed by atoms with van der Waals surface area (Å²) in [5.41, 5.74) is -1.15. The highest BCUT2D eigenvalue weighted by atomic mass is 79.9. The lowest BCUT2D eigenvalue weighted by Gasteiger charge is -2.38. The second-order valence-electron chi connectivity index (χ2n) is 6.76. The van der Waals surface area contributed by atoms with Crippen molar-refractivity contribution in [2.24, 2.45) is 41.4 Å². The summed E-state index contributed by atoms with van der Waals surface area (Å²) in [7, 11) is 0. The highest BCUT2D eigenvalue weighted by Gasteiger charge is 2.91. The van der Waals surface area contributed by atoms with Crippen molar-refractivity contribution in [2.75, 3.05) is 0 Å². The van der Waals surface area contributed by atoms with Gasteiger partial charge in [-0.3, -0.25) is 0 Å². The molecule has 10 atom stereocenters. The van der Waals surface area contributed by atoms with Gasteiger partial charge in [0.25, 0.3) is 0 Å². The van der Waals surface area contributed by atoms with Crippen LogP contribution in [-0.2, 0) is 0 Å². The number of hydrogen-bond acceptors (Lipinski definition) is 2. The van der Waals surface area contributed by atoms with Crippen LogP contribution in [0.25, 0.3) is 0 Å². The first-order valence-electron chi connectivity index (χ1n) is 6.09. The van der Waals surface area contributed by atoms with Gasteiger partial charge in [-0.15, -0.1) is 0 Å². The molecule has 0 saturated heterocycles. The molecule has 0 radical (unpaired) electrons. The normalized spacial score (nSPS) is 85.6. The van der Waals surface area contributed by atoms with Crippen molar-refractivity contribution in [3.8, 4) is 0 Å². The zero-order chi connectivity index (χ0) is 10.3. The molecular formula is C12H15BrO2. The second-order valence-corrected chi connectivity index (χ2v) is 7.75. The van der Waals surface area contributed by atoms with Crippen LogP contribution in [0.15, 0.2) is 0 Å². The molecule has 0 unspecified atom stereocenters. The van der Waals surface area contributed by atoms with Crippen molar-refractivity contribution >= 4 is 15.9 Å². The standard InChI is InChI=1S/C12H15BrO2/c1-11(14)7-3-2-4-6-5(3)9(11)12(15,8(4)7)10(6)13/h3-10,14-15H,2H2,1H3/t3-,4+,5+,6-,7+,8+,9-,10+,11-,12+/m1/s1. The quantitative estimate of drug-likeness (QED) is 0.645. The average Bonchev–Trinajstić information content (AvgIpc) is 2.81. The Morgan fingerprint density at radius 3 is 2.47 bits per heavy atom. The van der Waals surface area contributed by atoms with Crippen LogP contribution < -0.4 is 0 Å². The smallest absolute Gasteiger partial charge is 0.0867 e. The summed E-state index contributed by atoms with van der Waals surface area (Å²) in [6, 6.07) is 0. The monoisotopic (exact) mass is 270 g/mol. The van der Waals surface area contributed by atoms with E-state index in [0.717, 1.165) is 5.92 Å². The maximum Gasteiger partial charge on any atom is 0.0867 e. The van der Waals surface area contributed by atoms with Crippen molar-refractivity contribution in [2.45, 2.75) is 29.4 Å². The zero-order valence-electron chi connectivity index (χ0n) is 8.60. The highest BCUT2D eigenvalue weighted by molar-refractivity contribution is 9.09. The molecule has 0 aliphatic heterocycles. The Hall–Kier alpha value is 0.400. The largest absolute Gasteiger partial charge is 0.389 e. The highest BCUT2D eigenvalue weighted by Crippen LogP contribution is 2.87. The predicted octanol–water partition coefficient (Wildman–Crippen LogP) is 1.00. The number of alkyl halides is 1. The van der Waals surface area contributed by atoms with Crippen molar-refractivity contribution in [3.05, 3.63) is 0 Å². The maximum absolute atomic E-state index is 10.9. The van der Waals surface area contributed by atoms with E-state index >= 15 is 0 Å². The van der Waals surface area contributed by atoms with Crippen LogP contribution in [0.3, 0.4) is 0 Å². The molecule has 0 aromatic rings. The van der Waals surface area contributed by atoms with E-state index in [4.69, 9.17) is 0 Å². The Labute approximate surface area is 97.2 Å². The Balaban J connectivity index is 1.88. The third-order valence-electron chi connectivity index (χ3n) is 6.79. The topological polar surface area (TPSA) is 40.5 Å². The van der Waals surface area contributed by atoms with Crippen molar-refractivity contribution in [1.82, 2.24) is 0 Å². The van der Waals surface area contributed by atoms with Crippen LogP contribution in [0.1, 0.15) is 13.3 Å². The molecule has 6 saturated carbocycles. The molecule has 0 aromatic heterocycles. The summed E-state index contributed by atoms with van der Waals surface area (Å²) >= 11 is 3.73. The second kappa shape index (κ2) is 1.85. The molecule has 3 heteroatoms. The van der Waals surface area contributed by atoms with E-state index in [1.807, 2.05) is 6.92 Å². The van der Waals surface area contributed by atoms with Gasteiger partial charge >= 0.3 is 0 Å². The fourth-order valence-corrected chi connectivity index (χ4v) is 8.39. The van der Waals surface area contributed by atoms with Gasteiger partial charge in [0.2, 0.25) is 0 Å². The summed E-state index contributed by atoms with van der Waals surface area (Å²) in [6.45, 7) is 1.98. The number of aliphatic hydroxyl groups is 2. The lowest BCUT2D eigenvalue weighted by molar-refractivity contribution is -0.0700. The van der Waals surface area contributed by atoms with Crippen LogP contribution >= 0.6 is 15.9 Å². The van der Waals surface area contributed by atoms with Crippen molar-refractivity contribution in [3.63, 3.8) is 0 Å². The lowest BCUT2D eigenvalue weighted by Crippen LogP contribution is -2.47. The molecule has 0 heterocycles. The minimum atomic E-state index is -0.583. The molecule has 0 amide bonds. The lowest BCUT2D eigenvalue weighted by atomic mass is 9.69. The Bertz CT molecular complexity index is 393. The Morgan fingerprint density at radius 2 is 1.80 bits per heavy atom. The van der Waals surface area contributed by atoms with Gasteiger partial charge in [0, 0.05) is 10.7 Å². The molecule has 2 nitrogen and oxygen atoms in total. The van der Waals surface area contributed by atoms with E-state index in [2.05, 4.69) is 15.9 Å². The van der Waals surface area contributed by atoms with Crippen LogP contribution in [0.2, 0.25) is 0 Å². The van der Waals surface area contributed by atoms with Crippen LogP contribution in [0.5, 0.6) is 0 Å². The van der Waals surface area contributed by atoms with Gasteiger partial charge in [-0.2, -0.15) is 0 Å². The van der Waals surface area contributed by atoms with Gasteiger partial charge in [-0.05, 0) is 48.9 Å². The molecule has 0 aromatic carbocycles. The molecular weight excluding hydrogens is 256 g/mol. The van der Waals surface area contributed by atoms with Crippen LogP contribution in [0, 0.1) is 41.4 Å². The van der Waals surface area contributed by atoms with Gasteiger partial charge in [0.05, 0.1) is 11.2 Å². The molecule has 82 valence electrons. The Morgan fingerprint density at radius 1 is 1.13 bits per heavy atom. The van der Waals surface area contributed by atoms with E-state index in [1.54, 1.807) is 0 Å². The molecule has 0 spiro atoms. The van der Waals surface area contributed by atoms with E-state index in [1.165, 1.54) is 6.42 Å². The number of rotatable bonds is 0. The van der Waals surface area contributed by atoms with Gasteiger partial charge in [-0.25, -0.2) is 0 Å². The fourth-order valence-electron chi connectivity index (χ4n) is 7.06. The first kappa shape index (κ1) is 8.48. The van der Waals surface area contributed by atoms with Crippen molar-refractivity contribution < 1.29 is 10.2 Å². The van der Waals surface area contributed by atoms with Gasteiger partial charge in [0.15, 0.2) is 0 Å². The molecule has 2 N–H and O–H groups in total. The minimum Gasteiger partial charge on any atom is -0.389 e. The third kappa shape index (κ3) is 0.502. The summed E-state index contributed by atoms with van der Waals surface area (Å²) in [5, 5.41) is 21.6. The molecule has 6 fully saturated rings.